The highest BCUT2D eigenvalue weighted by atomic mass is 32.2. The van der Waals surface area contributed by atoms with Crippen LogP contribution < -0.4 is 5.32 Å². The molecule has 1 fully saturated rings. The number of piperidine rings is 1. The highest BCUT2D eigenvalue weighted by molar-refractivity contribution is 7.97. The van der Waals surface area contributed by atoms with Crippen molar-refractivity contribution >= 4 is 41.0 Å². The molecule has 11 heteroatoms. The van der Waals surface area contributed by atoms with Crippen molar-refractivity contribution in [3.63, 3.8) is 0 Å². The number of aromatic nitrogens is 1. The monoisotopic (exact) mass is 558 g/mol. The van der Waals surface area contributed by atoms with Crippen molar-refractivity contribution in [1.82, 2.24) is 9.29 Å². The number of rotatable bonds is 7. The second kappa shape index (κ2) is 10.5. The average Bonchev–Trinajstić information content (AvgIpc) is 3.44. The summed E-state index contributed by atoms with van der Waals surface area (Å²) in [6.45, 7) is 0.884. The predicted octanol–water partition coefficient (Wildman–Crippen LogP) is 7.23. The molecule has 1 saturated heterocycles. The van der Waals surface area contributed by atoms with Gasteiger partial charge in [0.05, 0.1) is 16.5 Å². The van der Waals surface area contributed by atoms with Gasteiger partial charge in [0.2, 0.25) is 0 Å². The summed E-state index contributed by atoms with van der Waals surface area (Å²) in [5.41, 5.74) is 3.10. The molecule has 0 saturated carbocycles. The lowest BCUT2D eigenvalue weighted by Gasteiger charge is -2.45. The van der Waals surface area contributed by atoms with Crippen LogP contribution in [0.4, 0.5) is 23.2 Å². The first kappa shape index (κ1) is 26.3. The van der Waals surface area contributed by atoms with E-state index < -0.39 is 17.2 Å². The quantitative estimate of drug-likeness (QED) is 0.139. The number of allylic oxidation sites excluding steroid dienone is 2. The number of hydrogen-bond donors (Lipinski definition) is 2. The van der Waals surface area contributed by atoms with Gasteiger partial charge in [-0.3, -0.25) is 4.79 Å². The topological polar surface area (TPSA) is 69.1 Å². The molecule has 38 heavy (non-hydrogen) atoms. The van der Waals surface area contributed by atoms with E-state index in [0.717, 1.165) is 17.7 Å². The Bertz CT molecular complexity index is 1400. The number of halogens is 4. The van der Waals surface area contributed by atoms with Crippen molar-refractivity contribution in [2.45, 2.75) is 23.9 Å². The molecule has 0 radical (unpaired) electrons. The molecule has 196 valence electrons. The van der Waals surface area contributed by atoms with E-state index in [1.165, 1.54) is 53.8 Å². The lowest BCUT2D eigenvalue weighted by molar-refractivity contribution is -0.137. The second-order valence-electron chi connectivity index (χ2n) is 9.07. The number of anilines is 1. The van der Waals surface area contributed by atoms with E-state index in [1.54, 1.807) is 23.0 Å². The number of alkyl halides is 3. The van der Waals surface area contributed by atoms with Crippen molar-refractivity contribution < 1.29 is 22.4 Å². The Kier molecular flexibility index (Phi) is 7.26. The molecule has 2 aliphatic rings. The van der Waals surface area contributed by atoms with E-state index in [-0.39, 0.29) is 18.0 Å². The smallest absolute Gasteiger partial charge is 0.355 e. The number of Topliss-reactive ketones (excluding diaryl/α,β-unsaturated/α-hetero) is 1. The van der Waals surface area contributed by atoms with Crippen molar-refractivity contribution in [3.05, 3.63) is 99.4 Å². The summed E-state index contributed by atoms with van der Waals surface area (Å²) >= 11 is 2.63. The second-order valence-corrected chi connectivity index (χ2v) is 11.0. The lowest BCUT2D eigenvalue weighted by Crippen LogP contribution is -2.49. The fourth-order valence-corrected chi connectivity index (χ4v) is 6.32. The van der Waals surface area contributed by atoms with Crippen LogP contribution in [0, 0.1) is 16.6 Å². The molecule has 0 amide bonds. The zero-order valence-electron chi connectivity index (χ0n) is 19.9. The van der Waals surface area contributed by atoms with Crippen molar-refractivity contribution in [2.24, 2.45) is 5.41 Å². The molecular weight excluding hydrogens is 536 g/mol. The average molecular weight is 559 g/mol. The summed E-state index contributed by atoms with van der Waals surface area (Å²) in [5.74, 6) is -0.507. The zero-order chi connectivity index (χ0) is 26.9. The fraction of sp³-hybridized carbons (Fsp3) is 0.222. The highest BCUT2D eigenvalue weighted by Crippen LogP contribution is 2.48. The normalized spacial score (nSPS) is 20.1. The van der Waals surface area contributed by atoms with E-state index in [2.05, 4.69) is 10.3 Å². The van der Waals surface area contributed by atoms with Crippen molar-refractivity contribution in [2.75, 3.05) is 18.4 Å². The molecule has 1 aliphatic carbocycles. The Balaban J connectivity index is 1.45. The van der Waals surface area contributed by atoms with Gasteiger partial charge in [0, 0.05) is 41.0 Å². The Morgan fingerprint density at radius 1 is 1.16 bits per heavy atom. The summed E-state index contributed by atoms with van der Waals surface area (Å²) in [6, 6.07) is 10.9. The summed E-state index contributed by atoms with van der Waals surface area (Å²) in [6.07, 6.45) is -0.486. The van der Waals surface area contributed by atoms with Crippen LogP contribution in [0.15, 0.2) is 87.2 Å². The van der Waals surface area contributed by atoms with Crippen LogP contribution in [0.3, 0.4) is 0 Å². The van der Waals surface area contributed by atoms with Gasteiger partial charge in [0.25, 0.3) is 0 Å². The summed E-state index contributed by atoms with van der Waals surface area (Å²) in [4.78, 5) is 18.8. The lowest BCUT2D eigenvalue weighted by atomic mass is 9.65. The van der Waals surface area contributed by atoms with Gasteiger partial charge in [0.15, 0.2) is 5.78 Å². The van der Waals surface area contributed by atoms with Gasteiger partial charge in [-0.2, -0.15) is 13.2 Å². The molecule has 1 aromatic heterocycles. The largest absolute Gasteiger partial charge is 0.416 e. The fourth-order valence-electron chi connectivity index (χ4n) is 4.77. The van der Waals surface area contributed by atoms with Crippen LogP contribution in [0.25, 0.3) is 0 Å². The highest BCUT2D eigenvalue weighted by Gasteiger charge is 2.49. The van der Waals surface area contributed by atoms with Gasteiger partial charge in [-0.15, -0.1) is 11.3 Å². The van der Waals surface area contributed by atoms with Crippen molar-refractivity contribution in [3.8, 4) is 0 Å². The molecule has 5 rings (SSSR count). The number of carbonyl (C=O) groups excluding carboxylic acids is 1. The predicted molar refractivity (Wildman–Crippen MR) is 141 cm³/mol. The molecule has 5 nitrogen and oxygen atoms in total. The molecule has 2 heterocycles. The Morgan fingerprint density at radius 2 is 1.89 bits per heavy atom. The third-order valence-electron chi connectivity index (χ3n) is 6.66. The molecule has 1 atom stereocenters. The Morgan fingerprint density at radius 3 is 2.53 bits per heavy atom. The molecule has 1 unspecified atom stereocenters. The summed E-state index contributed by atoms with van der Waals surface area (Å²) < 4.78 is 54.3. The first-order chi connectivity index (χ1) is 18.2. The van der Waals surface area contributed by atoms with E-state index in [4.69, 9.17) is 5.41 Å². The molecule has 2 N–H and O–H groups in total. The summed E-state index contributed by atoms with van der Waals surface area (Å²) in [5, 5.41) is 13.0. The van der Waals surface area contributed by atoms with Crippen LogP contribution in [0.1, 0.15) is 28.9 Å². The van der Waals surface area contributed by atoms with Gasteiger partial charge >= 0.3 is 6.18 Å². The number of thiazole rings is 1. The first-order valence-corrected chi connectivity index (χ1v) is 13.4. The Hall–Kier alpha value is -3.28. The van der Waals surface area contributed by atoms with E-state index in [9.17, 15) is 22.4 Å². The number of nitrogens with zero attached hydrogens (tertiary/aromatic N) is 2. The van der Waals surface area contributed by atoms with Crippen LogP contribution in [0.2, 0.25) is 0 Å². The van der Waals surface area contributed by atoms with Gasteiger partial charge in [0.1, 0.15) is 11.5 Å². The van der Waals surface area contributed by atoms with Crippen molar-refractivity contribution in [1.29, 1.82) is 5.41 Å². The number of ketones is 1. The number of nitrogens with one attached hydrogen (secondary N) is 2. The minimum absolute atomic E-state index is 0.150. The molecule has 3 aromatic rings. The third kappa shape index (κ3) is 5.31. The third-order valence-corrected chi connectivity index (χ3v) is 8.30. The molecule has 0 spiro atoms. The number of hydrogen-bond acceptors (Lipinski definition) is 7. The van der Waals surface area contributed by atoms with Crippen LogP contribution >= 0.6 is 23.3 Å². The van der Waals surface area contributed by atoms with Crippen LogP contribution in [0.5, 0.6) is 0 Å². The maximum Gasteiger partial charge on any atom is 0.416 e. The van der Waals surface area contributed by atoms with Gasteiger partial charge < -0.3 is 10.7 Å². The van der Waals surface area contributed by atoms with Crippen LogP contribution in [-0.4, -0.2) is 34.4 Å². The molecular formula is C27H22F4N4OS2. The maximum atomic E-state index is 13.9. The zero-order valence-corrected chi connectivity index (χ0v) is 21.5. The van der Waals surface area contributed by atoms with E-state index in [0.29, 0.717) is 47.1 Å². The number of carbonyl (C=O) groups is 1. The number of benzene rings is 2. The van der Waals surface area contributed by atoms with E-state index >= 15 is 0 Å². The standard InChI is InChI=1S/C27H22F4N4OS2/c28-20-3-5-21(6-4-20)34-23-11-19-9-10-35(38-22-7-1-18(2-8-22)27(29,30)31)15-26(19,12-17(23)13-32)25(36)24-14-37-16-33-24/h1-8,11,13-14,16,32,34H,9-10,12,15H2. The first-order valence-electron chi connectivity index (χ1n) is 11.7. The molecule has 2 aromatic carbocycles. The minimum atomic E-state index is -4.41. The molecule has 0 bridgehead atoms. The van der Waals surface area contributed by atoms with Crippen LogP contribution in [-0.2, 0) is 6.18 Å². The SMILES string of the molecule is N=CC1=C(Nc2ccc(F)cc2)C=C2CCN(Sc3ccc(C(F)(F)F)cc3)CC2(C(=O)c2cscn2)C1. The summed E-state index contributed by atoms with van der Waals surface area (Å²) in [7, 11) is 0. The number of fused-ring (bicyclic) bond motifs is 1. The minimum Gasteiger partial charge on any atom is -0.355 e. The Labute approximate surface area is 224 Å². The van der Waals surface area contributed by atoms with Gasteiger partial charge in [-0.05, 0) is 85.0 Å². The van der Waals surface area contributed by atoms with Gasteiger partial charge in [-0.25, -0.2) is 13.7 Å². The van der Waals surface area contributed by atoms with Gasteiger partial charge in [-0.1, -0.05) is 5.57 Å². The molecule has 1 aliphatic heterocycles. The van der Waals surface area contributed by atoms with E-state index in [1.807, 2.05) is 10.4 Å². The maximum absolute atomic E-state index is 13.9.